The second kappa shape index (κ2) is 8.26. The van der Waals surface area contributed by atoms with Crippen LogP contribution in [0.4, 0.5) is 0 Å². The molecule has 0 spiro atoms. The van der Waals surface area contributed by atoms with Crippen LogP contribution in [-0.4, -0.2) is 11.1 Å². The molecule has 17 heavy (non-hydrogen) atoms. The molecule has 0 unspecified atom stereocenters. The van der Waals surface area contributed by atoms with Gasteiger partial charge in [-0.15, -0.1) is 0 Å². The van der Waals surface area contributed by atoms with Crippen LogP contribution >= 0.6 is 0 Å². The Balaban J connectivity index is 2.52. The second-order valence-corrected chi connectivity index (χ2v) is 4.58. The fourth-order valence-corrected chi connectivity index (χ4v) is 2.18. The van der Waals surface area contributed by atoms with Crippen molar-refractivity contribution in [3.63, 3.8) is 0 Å². The summed E-state index contributed by atoms with van der Waals surface area (Å²) in [5.74, 6) is 0. The molecule has 0 aromatic heterocycles. The van der Waals surface area contributed by atoms with Crippen LogP contribution in [0.25, 0.3) is 0 Å². The third-order valence-electron chi connectivity index (χ3n) is 3.14. The Labute approximate surface area is 105 Å². The Kier molecular flexibility index (Phi) is 6.90. The summed E-state index contributed by atoms with van der Waals surface area (Å²) >= 11 is 0. The molecule has 0 radical (unpaired) electrons. The first-order chi connectivity index (χ1) is 8.31. The predicted octanol–water partition coefficient (Wildman–Crippen LogP) is 3.24. The predicted molar refractivity (Wildman–Crippen MR) is 72.8 cm³/mol. The lowest BCUT2D eigenvalue weighted by Gasteiger charge is -2.18. The van der Waals surface area contributed by atoms with Gasteiger partial charge < -0.3 is 10.4 Å². The van der Waals surface area contributed by atoms with Gasteiger partial charge in [-0.05, 0) is 24.0 Å². The van der Waals surface area contributed by atoms with Crippen molar-refractivity contribution in [2.45, 2.75) is 58.7 Å². The van der Waals surface area contributed by atoms with Gasteiger partial charge in [0.1, 0.15) is 0 Å². The van der Waals surface area contributed by atoms with E-state index in [2.05, 4.69) is 25.2 Å². The quantitative estimate of drug-likeness (QED) is 0.725. The highest BCUT2D eigenvalue weighted by molar-refractivity contribution is 5.26. The molecule has 0 saturated carbocycles. The monoisotopic (exact) mass is 235 g/mol. The summed E-state index contributed by atoms with van der Waals surface area (Å²) in [6, 6.07) is 8.70. The number of aliphatic hydroxyl groups is 1. The summed E-state index contributed by atoms with van der Waals surface area (Å²) in [6.45, 7) is 5.45. The number of hydrogen-bond acceptors (Lipinski definition) is 2. The van der Waals surface area contributed by atoms with E-state index >= 15 is 0 Å². The van der Waals surface area contributed by atoms with Crippen LogP contribution in [-0.2, 0) is 13.2 Å². The van der Waals surface area contributed by atoms with Crippen LogP contribution in [0.2, 0.25) is 0 Å². The topological polar surface area (TPSA) is 32.3 Å². The van der Waals surface area contributed by atoms with Gasteiger partial charge in [0.25, 0.3) is 0 Å². The first kappa shape index (κ1) is 14.2. The third-order valence-corrected chi connectivity index (χ3v) is 3.14. The number of aliphatic hydroxyl groups excluding tert-OH is 1. The van der Waals surface area contributed by atoms with Crippen molar-refractivity contribution in [3.8, 4) is 0 Å². The molecule has 0 saturated heterocycles. The van der Waals surface area contributed by atoms with Crippen molar-refractivity contribution in [3.05, 3.63) is 35.4 Å². The van der Waals surface area contributed by atoms with E-state index < -0.39 is 0 Å². The van der Waals surface area contributed by atoms with Crippen molar-refractivity contribution in [2.75, 3.05) is 0 Å². The average molecular weight is 235 g/mol. The Morgan fingerprint density at radius 3 is 2.18 bits per heavy atom. The zero-order valence-corrected chi connectivity index (χ0v) is 11.1. The van der Waals surface area contributed by atoms with E-state index in [1.165, 1.54) is 31.2 Å². The maximum absolute atomic E-state index is 9.26. The molecule has 2 N–H and O–H groups in total. The van der Waals surface area contributed by atoms with E-state index in [0.29, 0.717) is 6.04 Å². The van der Waals surface area contributed by atoms with Crippen molar-refractivity contribution in [2.24, 2.45) is 0 Å². The molecule has 0 aliphatic carbocycles. The smallest absolute Gasteiger partial charge is 0.0685 e. The van der Waals surface area contributed by atoms with Crippen molar-refractivity contribution >= 4 is 0 Å². The Bertz CT molecular complexity index is 306. The lowest BCUT2D eigenvalue weighted by atomic mass is 10.0. The molecule has 2 nitrogen and oxygen atoms in total. The molecule has 0 aliphatic heterocycles. The number of benzene rings is 1. The number of hydrogen-bond donors (Lipinski definition) is 2. The minimum absolute atomic E-state index is 0.129. The highest BCUT2D eigenvalue weighted by Gasteiger charge is 2.07. The summed E-state index contributed by atoms with van der Waals surface area (Å²) < 4.78 is 0. The van der Waals surface area contributed by atoms with E-state index in [1.54, 1.807) is 0 Å². The molecule has 0 amide bonds. The fourth-order valence-electron chi connectivity index (χ4n) is 2.18. The SMILES string of the molecule is CCCC(CCC)NCc1ccccc1CO. The van der Waals surface area contributed by atoms with Crippen LogP contribution in [0.1, 0.15) is 50.7 Å². The molecular formula is C15H25NO. The summed E-state index contributed by atoms with van der Waals surface area (Å²) in [5, 5.41) is 12.9. The molecule has 0 bridgehead atoms. The van der Waals surface area contributed by atoms with Gasteiger partial charge >= 0.3 is 0 Å². The molecular weight excluding hydrogens is 210 g/mol. The minimum Gasteiger partial charge on any atom is -0.392 e. The molecule has 0 aliphatic rings. The molecule has 96 valence electrons. The lowest BCUT2D eigenvalue weighted by Crippen LogP contribution is -2.28. The number of rotatable bonds is 8. The molecule has 0 atom stereocenters. The first-order valence-corrected chi connectivity index (χ1v) is 6.72. The van der Waals surface area contributed by atoms with Crippen molar-refractivity contribution in [1.82, 2.24) is 5.32 Å². The van der Waals surface area contributed by atoms with Crippen LogP contribution in [0.15, 0.2) is 24.3 Å². The van der Waals surface area contributed by atoms with Gasteiger partial charge in [0.05, 0.1) is 6.61 Å². The van der Waals surface area contributed by atoms with Gasteiger partial charge in [-0.1, -0.05) is 51.0 Å². The number of nitrogens with one attached hydrogen (secondary N) is 1. The van der Waals surface area contributed by atoms with Gasteiger partial charge in [-0.25, -0.2) is 0 Å². The first-order valence-electron chi connectivity index (χ1n) is 6.72. The van der Waals surface area contributed by atoms with Crippen LogP contribution in [0.3, 0.4) is 0 Å². The van der Waals surface area contributed by atoms with E-state index in [0.717, 1.165) is 12.1 Å². The zero-order chi connectivity index (χ0) is 12.5. The van der Waals surface area contributed by atoms with E-state index in [9.17, 15) is 5.11 Å². The molecule has 2 heteroatoms. The standard InChI is InChI=1S/C15H25NO/c1-3-7-15(8-4-2)16-11-13-9-5-6-10-14(13)12-17/h5-6,9-10,15-17H,3-4,7-8,11-12H2,1-2H3. The molecule has 0 fully saturated rings. The van der Waals surface area contributed by atoms with Gasteiger partial charge in [-0.3, -0.25) is 0 Å². The van der Waals surface area contributed by atoms with E-state index in [4.69, 9.17) is 0 Å². The molecule has 1 rings (SSSR count). The van der Waals surface area contributed by atoms with Crippen LogP contribution < -0.4 is 5.32 Å². The average Bonchev–Trinajstić information content (AvgIpc) is 2.37. The Morgan fingerprint density at radius 1 is 1.06 bits per heavy atom. The molecule has 0 heterocycles. The largest absolute Gasteiger partial charge is 0.392 e. The summed E-state index contributed by atoms with van der Waals surface area (Å²) in [7, 11) is 0. The summed E-state index contributed by atoms with van der Waals surface area (Å²) in [5.41, 5.74) is 2.25. The maximum atomic E-state index is 9.26. The zero-order valence-electron chi connectivity index (χ0n) is 11.1. The highest BCUT2D eigenvalue weighted by Crippen LogP contribution is 2.11. The van der Waals surface area contributed by atoms with Crippen LogP contribution in [0, 0.1) is 0 Å². The summed E-state index contributed by atoms with van der Waals surface area (Å²) in [6.07, 6.45) is 4.91. The van der Waals surface area contributed by atoms with Gasteiger partial charge in [0.15, 0.2) is 0 Å². The van der Waals surface area contributed by atoms with Crippen molar-refractivity contribution in [1.29, 1.82) is 0 Å². The Hall–Kier alpha value is -0.860. The molecule has 1 aromatic rings. The second-order valence-electron chi connectivity index (χ2n) is 4.58. The van der Waals surface area contributed by atoms with Gasteiger partial charge in [-0.2, -0.15) is 0 Å². The Morgan fingerprint density at radius 2 is 1.65 bits per heavy atom. The summed E-state index contributed by atoms with van der Waals surface area (Å²) in [4.78, 5) is 0. The lowest BCUT2D eigenvalue weighted by molar-refractivity contribution is 0.280. The maximum Gasteiger partial charge on any atom is 0.0685 e. The third kappa shape index (κ3) is 4.88. The van der Waals surface area contributed by atoms with E-state index in [1.807, 2.05) is 18.2 Å². The van der Waals surface area contributed by atoms with Gasteiger partial charge in [0, 0.05) is 12.6 Å². The molecule has 1 aromatic carbocycles. The fraction of sp³-hybridized carbons (Fsp3) is 0.600. The van der Waals surface area contributed by atoms with Gasteiger partial charge in [0.2, 0.25) is 0 Å². The normalized spacial score (nSPS) is 11.1. The van der Waals surface area contributed by atoms with E-state index in [-0.39, 0.29) is 6.61 Å². The highest BCUT2D eigenvalue weighted by atomic mass is 16.3. The minimum atomic E-state index is 0.129. The van der Waals surface area contributed by atoms with Crippen LogP contribution in [0.5, 0.6) is 0 Å². The van der Waals surface area contributed by atoms with Crippen molar-refractivity contribution < 1.29 is 5.11 Å².